The number of carbonyl (C=O) groups is 2. The first-order valence-electron chi connectivity index (χ1n) is 16.6. The van der Waals surface area contributed by atoms with Crippen molar-refractivity contribution in [3.05, 3.63) is 24.0 Å². The van der Waals surface area contributed by atoms with Gasteiger partial charge in [0.05, 0.1) is 23.0 Å². The van der Waals surface area contributed by atoms with Gasteiger partial charge < -0.3 is 29.3 Å². The minimum atomic E-state index is -0.705. The molecule has 44 heavy (non-hydrogen) atoms. The Kier molecular flexibility index (Phi) is 8.91. The summed E-state index contributed by atoms with van der Waals surface area (Å²) < 4.78 is 19.3. The third-order valence-corrected chi connectivity index (χ3v) is 9.84. The average Bonchev–Trinajstić information content (AvgIpc) is 3.60. The summed E-state index contributed by atoms with van der Waals surface area (Å²) in [5.74, 6) is 1.74. The molecule has 4 aliphatic rings. The van der Waals surface area contributed by atoms with Crippen molar-refractivity contribution in [1.29, 1.82) is 0 Å². The van der Waals surface area contributed by atoms with E-state index in [9.17, 15) is 9.59 Å². The molecule has 1 aliphatic carbocycles. The fourth-order valence-corrected chi connectivity index (χ4v) is 7.01. The number of likely N-dealkylation sites (tertiary alicyclic amines) is 1. The van der Waals surface area contributed by atoms with Gasteiger partial charge in [0.25, 0.3) is 0 Å². The molecule has 5 heterocycles. The number of piperidine rings is 1. The molecule has 2 bridgehead atoms. The first kappa shape index (κ1) is 30.9. The Morgan fingerprint density at radius 2 is 1.86 bits per heavy atom. The van der Waals surface area contributed by atoms with Crippen molar-refractivity contribution in [3.8, 4) is 11.6 Å². The molecule has 0 spiro atoms. The Labute approximate surface area is 262 Å². The number of hydrogen-bond acceptors (Lipinski definition) is 8. The zero-order chi connectivity index (χ0) is 31.0. The molecular formula is C34H51N5O5. The largest absolute Gasteiger partial charge is 0.489 e. The second-order valence-corrected chi connectivity index (χ2v) is 14.5. The fourth-order valence-electron chi connectivity index (χ4n) is 7.01. The van der Waals surface area contributed by atoms with Crippen molar-refractivity contribution in [1.82, 2.24) is 25.1 Å². The molecule has 2 aromatic heterocycles. The van der Waals surface area contributed by atoms with E-state index in [2.05, 4.69) is 22.2 Å². The highest BCUT2D eigenvalue weighted by Crippen LogP contribution is 2.41. The molecule has 3 aliphatic heterocycles. The molecule has 5 atom stereocenters. The summed E-state index contributed by atoms with van der Waals surface area (Å²) in [6, 6.07) is 1.17. The Balaban J connectivity index is 0.00000400. The van der Waals surface area contributed by atoms with Gasteiger partial charge >= 0.3 is 6.09 Å². The summed E-state index contributed by atoms with van der Waals surface area (Å²) in [5, 5.41) is 3.85. The molecule has 10 heteroatoms. The molecule has 10 nitrogen and oxygen atoms in total. The van der Waals surface area contributed by atoms with Crippen molar-refractivity contribution in [2.45, 2.75) is 116 Å². The number of hydrogen-bond donors (Lipinski definition) is 1. The number of rotatable bonds is 2. The topological polar surface area (TPSA) is 106 Å². The zero-order valence-corrected chi connectivity index (χ0v) is 27.0. The highest BCUT2D eigenvalue weighted by molar-refractivity contribution is 5.87. The Morgan fingerprint density at radius 3 is 2.64 bits per heavy atom. The highest BCUT2D eigenvalue weighted by atomic mass is 16.6. The molecule has 1 saturated carbocycles. The van der Waals surface area contributed by atoms with Crippen LogP contribution in [0.3, 0.4) is 0 Å². The standard InChI is InChI=1S/C34H49N5O5.H2/c1-21-17-24-20-39(21)32(40)30(34(2,3)4)37-33(41)44-28-18-22(28)9-7-6-8-10-25-29(42-23-12-15-38(5)16-13-23)26-19-35-14-11-27(26)36-31(25)43-24;/h11,14,19,21-24,28,30H,6-10,12-13,15-18,20H2,1-5H3,(H,37,41);1H/t21-,22?,24-,28?,30-;/m1./s1. The molecule has 6 rings (SSSR count). The van der Waals surface area contributed by atoms with E-state index in [-0.39, 0.29) is 31.7 Å². The van der Waals surface area contributed by atoms with Crippen LogP contribution < -0.4 is 14.8 Å². The van der Waals surface area contributed by atoms with E-state index < -0.39 is 17.6 Å². The molecule has 242 valence electrons. The van der Waals surface area contributed by atoms with Crippen LogP contribution in [0.1, 0.15) is 86.1 Å². The van der Waals surface area contributed by atoms with Gasteiger partial charge in [-0.1, -0.05) is 33.6 Å². The zero-order valence-electron chi connectivity index (χ0n) is 27.0. The molecule has 0 radical (unpaired) electrons. The normalized spacial score (nSPS) is 29.5. The Morgan fingerprint density at radius 1 is 1.07 bits per heavy atom. The van der Waals surface area contributed by atoms with Crippen molar-refractivity contribution in [2.75, 3.05) is 26.7 Å². The molecule has 2 aromatic rings. The summed E-state index contributed by atoms with van der Waals surface area (Å²) in [5.41, 5.74) is 1.33. The van der Waals surface area contributed by atoms with E-state index in [4.69, 9.17) is 19.2 Å². The van der Waals surface area contributed by atoms with Crippen LogP contribution in [0.25, 0.3) is 10.9 Å². The maximum absolute atomic E-state index is 14.0. The van der Waals surface area contributed by atoms with Crippen molar-refractivity contribution < 1.29 is 25.2 Å². The van der Waals surface area contributed by atoms with Crippen LogP contribution in [-0.2, 0) is 16.0 Å². The SMILES string of the molecule is C[C@@H]1C[C@@H]2CN1C(=O)[C@H](C(C)(C)C)NC(=O)OC1CC1CCCCCc1c(nc3ccncc3c1OC1CCN(C)CC1)O2.[HH]. The van der Waals surface area contributed by atoms with E-state index in [0.29, 0.717) is 24.8 Å². The van der Waals surface area contributed by atoms with Gasteiger partial charge in [0, 0.05) is 39.4 Å². The summed E-state index contributed by atoms with van der Waals surface area (Å²) in [6.45, 7) is 10.4. The van der Waals surface area contributed by atoms with Crippen LogP contribution in [0.5, 0.6) is 11.6 Å². The number of fused-ring (bicyclic) bond motifs is 5. The van der Waals surface area contributed by atoms with Gasteiger partial charge in [-0.2, -0.15) is 0 Å². The molecule has 2 saturated heterocycles. The summed E-state index contributed by atoms with van der Waals surface area (Å²) in [4.78, 5) is 40.5. The van der Waals surface area contributed by atoms with Gasteiger partial charge in [0.15, 0.2) is 0 Å². The summed E-state index contributed by atoms with van der Waals surface area (Å²) in [6.07, 6.45) is 11.4. The van der Waals surface area contributed by atoms with Crippen molar-refractivity contribution in [3.63, 3.8) is 0 Å². The van der Waals surface area contributed by atoms with Gasteiger partial charge in [0.2, 0.25) is 11.8 Å². The van der Waals surface area contributed by atoms with Crippen LogP contribution in [0.2, 0.25) is 0 Å². The Bertz CT molecular complexity index is 1360. The first-order valence-corrected chi connectivity index (χ1v) is 16.6. The van der Waals surface area contributed by atoms with Crippen LogP contribution in [-0.4, -0.2) is 88.8 Å². The van der Waals surface area contributed by atoms with E-state index >= 15 is 0 Å². The second kappa shape index (κ2) is 12.7. The van der Waals surface area contributed by atoms with Crippen LogP contribution >= 0.6 is 0 Å². The number of nitrogens with one attached hydrogen (secondary N) is 1. The predicted octanol–water partition coefficient (Wildman–Crippen LogP) is 5.36. The fraction of sp³-hybridized carbons (Fsp3) is 0.706. The molecule has 0 aromatic carbocycles. The Hall–Kier alpha value is -3.14. The summed E-state index contributed by atoms with van der Waals surface area (Å²) >= 11 is 0. The lowest BCUT2D eigenvalue weighted by molar-refractivity contribution is -0.136. The third-order valence-electron chi connectivity index (χ3n) is 9.84. The average molecular weight is 610 g/mol. The molecule has 2 unspecified atom stereocenters. The number of alkyl carbamates (subject to hydrolysis) is 1. The lowest BCUT2D eigenvalue weighted by Crippen LogP contribution is -2.55. The first-order chi connectivity index (χ1) is 21.1. The maximum Gasteiger partial charge on any atom is 0.408 e. The lowest BCUT2D eigenvalue weighted by atomic mass is 9.85. The number of amides is 2. The van der Waals surface area contributed by atoms with Crippen molar-refractivity contribution >= 4 is 22.9 Å². The number of ether oxygens (including phenoxy) is 3. The quantitative estimate of drug-likeness (QED) is 0.485. The van der Waals surface area contributed by atoms with Crippen LogP contribution in [0.4, 0.5) is 4.79 Å². The number of aromatic nitrogens is 2. The minimum Gasteiger partial charge on any atom is -0.489 e. The van der Waals surface area contributed by atoms with E-state index in [1.54, 1.807) is 6.20 Å². The van der Waals surface area contributed by atoms with Gasteiger partial charge in [-0.05, 0) is 69.9 Å². The lowest BCUT2D eigenvalue weighted by Gasteiger charge is -2.34. The number of pyridine rings is 2. The predicted molar refractivity (Wildman–Crippen MR) is 170 cm³/mol. The van der Waals surface area contributed by atoms with Crippen LogP contribution in [0.15, 0.2) is 18.5 Å². The molecular weight excluding hydrogens is 558 g/mol. The van der Waals surface area contributed by atoms with Gasteiger partial charge in [-0.15, -0.1) is 0 Å². The monoisotopic (exact) mass is 609 g/mol. The number of nitrogens with zero attached hydrogens (tertiary/aromatic N) is 4. The van der Waals surface area contributed by atoms with E-state index in [1.165, 1.54) is 0 Å². The van der Waals surface area contributed by atoms with E-state index in [1.807, 2.05) is 44.9 Å². The highest BCUT2D eigenvalue weighted by Gasteiger charge is 2.44. The second-order valence-electron chi connectivity index (χ2n) is 14.5. The molecule has 3 fully saturated rings. The van der Waals surface area contributed by atoms with Crippen molar-refractivity contribution in [2.24, 2.45) is 11.3 Å². The van der Waals surface area contributed by atoms with Gasteiger partial charge in [0.1, 0.15) is 30.1 Å². The van der Waals surface area contributed by atoms with Gasteiger partial charge in [-0.3, -0.25) is 9.78 Å². The number of carbonyl (C=O) groups excluding carboxylic acids is 2. The summed E-state index contributed by atoms with van der Waals surface area (Å²) in [7, 11) is 2.16. The van der Waals surface area contributed by atoms with Gasteiger partial charge in [-0.25, -0.2) is 9.78 Å². The minimum absolute atomic E-state index is 0. The smallest absolute Gasteiger partial charge is 0.408 e. The maximum atomic E-state index is 14.0. The van der Waals surface area contributed by atoms with E-state index in [0.717, 1.165) is 86.7 Å². The molecule has 2 amide bonds. The molecule has 1 N–H and O–H groups in total. The third kappa shape index (κ3) is 6.90. The van der Waals surface area contributed by atoms with Crippen LogP contribution in [0, 0.1) is 11.3 Å².